The van der Waals surface area contributed by atoms with Crippen LogP contribution in [0.1, 0.15) is 12.0 Å². The van der Waals surface area contributed by atoms with Crippen molar-refractivity contribution in [1.29, 1.82) is 0 Å². The third-order valence-electron chi connectivity index (χ3n) is 5.07. The first-order valence-electron chi connectivity index (χ1n) is 10.1. The van der Waals surface area contributed by atoms with Crippen molar-refractivity contribution in [2.45, 2.75) is 13.0 Å². The van der Waals surface area contributed by atoms with Crippen molar-refractivity contribution in [2.75, 3.05) is 25.5 Å². The van der Waals surface area contributed by atoms with Gasteiger partial charge in [0.05, 0.1) is 5.69 Å². The highest BCUT2D eigenvalue weighted by atomic mass is 35.5. The monoisotopic (exact) mass is 449 g/mol. The largest absolute Gasteiger partial charge is 0.370 e. The molecule has 0 spiro atoms. The van der Waals surface area contributed by atoms with Crippen LogP contribution in [-0.4, -0.2) is 47.5 Å². The molecule has 0 saturated heterocycles. The third kappa shape index (κ3) is 5.04. The van der Waals surface area contributed by atoms with E-state index in [1.807, 2.05) is 48.5 Å². The molecule has 156 valence electrons. The van der Waals surface area contributed by atoms with Gasteiger partial charge in [-0.2, -0.15) is 9.61 Å². The second-order valence-electron chi connectivity index (χ2n) is 7.45. The van der Waals surface area contributed by atoms with Gasteiger partial charge >= 0.3 is 0 Å². The molecule has 4 rings (SSSR count). The van der Waals surface area contributed by atoms with Crippen LogP contribution in [0.2, 0.25) is 10.0 Å². The van der Waals surface area contributed by atoms with Crippen molar-refractivity contribution >= 4 is 48.0 Å². The van der Waals surface area contributed by atoms with Crippen molar-refractivity contribution in [3.8, 4) is 11.3 Å². The highest BCUT2D eigenvalue weighted by Crippen LogP contribution is 2.28. The highest BCUT2D eigenvalue weighted by molar-refractivity contribution is 6.36. The first-order chi connectivity index (χ1) is 15.0. The van der Waals surface area contributed by atoms with Crippen LogP contribution in [0.3, 0.4) is 0 Å². The SMILES string of the molecule is [B]c1cnn2c(NCCCN(C)Cc3ccccc3Cl)cc(-c3ccccc3Cl)nc12. The zero-order chi connectivity index (χ0) is 21.8. The Morgan fingerprint density at radius 1 is 1.06 bits per heavy atom. The smallest absolute Gasteiger partial charge is 0.150 e. The lowest BCUT2D eigenvalue weighted by molar-refractivity contribution is 0.325. The number of aromatic nitrogens is 3. The minimum Gasteiger partial charge on any atom is -0.370 e. The number of hydrogen-bond acceptors (Lipinski definition) is 4. The predicted octanol–water partition coefficient (Wildman–Crippen LogP) is 4.43. The van der Waals surface area contributed by atoms with Gasteiger partial charge in [-0.05, 0) is 43.2 Å². The summed E-state index contributed by atoms with van der Waals surface area (Å²) < 4.78 is 1.73. The third-order valence-corrected chi connectivity index (χ3v) is 5.77. The van der Waals surface area contributed by atoms with Crippen LogP contribution in [0, 0.1) is 0 Å². The van der Waals surface area contributed by atoms with Gasteiger partial charge in [-0.25, -0.2) is 4.98 Å². The molecule has 2 heterocycles. The fourth-order valence-corrected chi connectivity index (χ4v) is 3.90. The quantitative estimate of drug-likeness (QED) is 0.319. The number of nitrogens with zero attached hydrogens (tertiary/aromatic N) is 4. The molecular formula is C23H22BCl2N5. The number of halogens is 2. The highest BCUT2D eigenvalue weighted by Gasteiger charge is 2.12. The Kier molecular flexibility index (Phi) is 6.81. The van der Waals surface area contributed by atoms with Gasteiger partial charge in [0.1, 0.15) is 13.7 Å². The molecule has 0 bridgehead atoms. The maximum absolute atomic E-state index is 6.39. The van der Waals surface area contributed by atoms with Crippen molar-refractivity contribution in [3.63, 3.8) is 0 Å². The lowest BCUT2D eigenvalue weighted by Gasteiger charge is -2.18. The van der Waals surface area contributed by atoms with E-state index in [2.05, 4.69) is 33.4 Å². The van der Waals surface area contributed by atoms with Crippen LogP contribution in [0.25, 0.3) is 16.9 Å². The summed E-state index contributed by atoms with van der Waals surface area (Å²) in [6.45, 7) is 2.50. The van der Waals surface area contributed by atoms with Crippen LogP contribution in [0.4, 0.5) is 5.82 Å². The standard InChI is InChI=1S/C23H22BCl2N5/c1-30(15-16-7-2-4-9-19(16)25)12-6-11-27-22-13-21(17-8-3-5-10-20(17)26)29-23-18(24)14-28-31(22)23/h2-5,7-10,13-14,27H,6,11-12,15H2,1H3. The van der Waals surface area contributed by atoms with E-state index in [-0.39, 0.29) is 0 Å². The maximum Gasteiger partial charge on any atom is 0.150 e. The molecule has 0 unspecified atom stereocenters. The molecular weight excluding hydrogens is 428 g/mol. The van der Waals surface area contributed by atoms with Gasteiger partial charge in [0, 0.05) is 41.0 Å². The number of fused-ring (bicyclic) bond motifs is 1. The van der Waals surface area contributed by atoms with E-state index in [4.69, 9.17) is 31.0 Å². The number of benzene rings is 2. The minimum atomic E-state index is 0.524. The molecule has 2 radical (unpaired) electrons. The molecule has 0 aliphatic heterocycles. The summed E-state index contributed by atoms with van der Waals surface area (Å²) in [4.78, 5) is 6.92. The van der Waals surface area contributed by atoms with Gasteiger partial charge in [0.2, 0.25) is 0 Å². The molecule has 5 nitrogen and oxygen atoms in total. The molecule has 4 aromatic rings. The van der Waals surface area contributed by atoms with Gasteiger partial charge in [-0.15, -0.1) is 0 Å². The van der Waals surface area contributed by atoms with E-state index in [0.29, 0.717) is 16.1 Å². The number of rotatable bonds is 8. The fraction of sp³-hybridized carbons (Fsp3) is 0.217. The normalized spacial score (nSPS) is 11.4. The second kappa shape index (κ2) is 9.73. The minimum absolute atomic E-state index is 0.524. The Labute approximate surface area is 193 Å². The zero-order valence-corrected chi connectivity index (χ0v) is 18.7. The Morgan fingerprint density at radius 3 is 2.58 bits per heavy atom. The van der Waals surface area contributed by atoms with Gasteiger partial charge in [-0.3, -0.25) is 0 Å². The van der Waals surface area contributed by atoms with Gasteiger partial charge < -0.3 is 10.2 Å². The molecule has 1 N–H and O–H groups in total. The molecule has 0 aliphatic rings. The molecule has 0 atom stereocenters. The average Bonchev–Trinajstić information content (AvgIpc) is 3.14. The first kappa shape index (κ1) is 21.7. The molecule has 2 aromatic heterocycles. The summed E-state index contributed by atoms with van der Waals surface area (Å²) >= 11 is 12.7. The Bertz CT molecular complexity index is 1190. The van der Waals surface area contributed by atoms with Crippen LogP contribution in [0.15, 0.2) is 60.8 Å². The van der Waals surface area contributed by atoms with E-state index in [9.17, 15) is 0 Å². The average molecular weight is 450 g/mol. The molecule has 8 heteroatoms. The van der Waals surface area contributed by atoms with E-state index < -0.39 is 0 Å². The van der Waals surface area contributed by atoms with Crippen molar-refractivity contribution in [3.05, 3.63) is 76.4 Å². The van der Waals surface area contributed by atoms with Crippen molar-refractivity contribution < 1.29 is 0 Å². The van der Waals surface area contributed by atoms with Gasteiger partial charge in [-0.1, -0.05) is 59.6 Å². The molecule has 0 aliphatic carbocycles. The second-order valence-corrected chi connectivity index (χ2v) is 8.27. The van der Waals surface area contributed by atoms with E-state index >= 15 is 0 Å². The summed E-state index contributed by atoms with van der Waals surface area (Å²) in [5, 5.41) is 9.28. The number of anilines is 1. The molecule has 31 heavy (non-hydrogen) atoms. The lowest BCUT2D eigenvalue weighted by Crippen LogP contribution is -2.21. The van der Waals surface area contributed by atoms with Crippen molar-refractivity contribution in [2.24, 2.45) is 0 Å². The summed E-state index contributed by atoms with van der Waals surface area (Å²) in [5.74, 6) is 0.824. The summed E-state index contributed by atoms with van der Waals surface area (Å²) in [5.41, 5.74) is 3.87. The zero-order valence-electron chi connectivity index (χ0n) is 17.2. The van der Waals surface area contributed by atoms with Crippen LogP contribution >= 0.6 is 23.2 Å². The topological polar surface area (TPSA) is 45.5 Å². The predicted molar refractivity (Wildman–Crippen MR) is 130 cm³/mol. The van der Waals surface area contributed by atoms with Crippen molar-refractivity contribution in [1.82, 2.24) is 19.5 Å². The fourth-order valence-electron chi connectivity index (χ4n) is 3.47. The van der Waals surface area contributed by atoms with E-state index in [1.54, 1.807) is 10.7 Å². The van der Waals surface area contributed by atoms with Crippen LogP contribution in [-0.2, 0) is 6.54 Å². The maximum atomic E-state index is 6.39. The van der Waals surface area contributed by atoms with Gasteiger partial charge in [0.15, 0.2) is 5.65 Å². The van der Waals surface area contributed by atoms with Crippen LogP contribution < -0.4 is 10.8 Å². The molecule has 0 saturated carbocycles. The molecule has 0 amide bonds. The lowest BCUT2D eigenvalue weighted by atomic mass is 10.0. The van der Waals surface area contributed by atoms with Gasteiger partial charge in [0.25, 0.3) is 0 Å². The van der Waals surface area contributed by atoms with Crippen LogP contribution in [0.5, 0.6) is 0 Å². The molecule has 0 fully saturated rings. The Hall–Kier alpha value is -2.54. The van der Waals surface area contributed by atoms with E-state index in [0.717, 1.165) is 53.7 Å². The number of nitrogens with one attached hydrogen (secondary N) is 1. The Balaban J connectivity index is 1.45. The Morgan fingerprint density at radius 2 is 1.81 bits per heavy atom. The van der Waals surface area contributed by atoms with E-state index in [1.165, 1.54) is 0 Å². The first-order valence-corrected chi connectivity index (χ1v) is 10.8. The summed E-state index contributed by atoms with van der Waals surface area (Å²) in [7, 11) is 8.18. The molecule has 2 aromatic carbocycles. The summed E-state index contributed by atoms with van der Waals surface area (Å²) in [6, 6.07) is 17.5. The summed E-state index contributed by atoms with van der Waals surface area (Å²) in [6.07, 6.45) is 2.56. The number of hydrogen-bond donors (Lipinski definition) is 1.